The maximum atomic E-state index is 2.62. The van der Waals surface area contributed by atoms with Crippen LogP contribution in [0.3, 0.4) is 0 Å². The fourth-order valence-electron chi connectivity index (χ4n) is 2.34. The number of hydrogen-bond acceptors (Lipinski definition) is 0. The summed E-state index contributed by atoms with van der Waals surface area (Å²) in [5, 5.41) is 0. The molecule has 2 heteroatoms. The van der Waals surface area contributed by atoms with Crippen molar-refractivity contribution in [2.45, 2.75) is 38.3 Å². The molecule has 0 saturated carbocycles. The van der Waals surface area contributed by atoms with E-state index in [0.29, 0.717) is 0 Å². The summed E-state index contributed by atoms with van der Waals surface area (Å²) in [7, 11) is -1.86. The van der Waals surface area contributed by atoms with Crippen LogP contribution in [-0.4, -0.2) is 15.2 Å². The number of fused-ring (bicyclic) bond motifs is 1. The van der Waals surface area contributed by atoms with Gasteiger partial charge in [-0.2, -0.15) is 0 Å². The van der Waals surface area contributed by atoms with Gasteiger partial charge in [-0.25, -0.2) is 0 Å². The first-order chi connectivity index (χ1) is 6.42. The van der Waals surface area contributed by atoms with Crippen LogP contribution in [-0.2, 0) is 12.1 Å². The maximum absolute atomic E-state index is 2.62. The van der Waals surface area contributed by atoms with Crippen LogP contribution in [0.15, 0.2) is 24.3 Å². The zero-order valence-electron chi connectivity index (χ0n) is 9.72. The maximum Gasteiger partial charge on any atom is 0.0527 e. The topological polar surface area (TPSA) is 0 Å². The Kier molecular flexibility index (Phi) is 2.23. The summed E-state index contributed by atoms with van der Waals surface area (Å²) in [4.78, 5) is 0. The van der Waals surface area contributed by atoms with Crippen molar-refractivity contribution in [1.29, 1.82) is 0 Å². The van der Waals surface area contributed by atoms with Crippen LogP contribution in [0.2, 0.25) is 26.2 Å². The minimum atomic E-state index is -0.954. The van der Waals surface area contributed by atoms with Crippen molar-refractivity contribution < 1.29 is 0 Å². The molecule has 1 aromatic rings. The first-order valence-electron chi connectivity index (χ1n) is 5.49. The van der Waals surface area contributed by atoms with Crippen LogP contribution in [0.1, 0.15) is 11.1 Å². The Morgan fingerprint density at radius 1 is 1.00 bits per heavy atom. The minimum Gasteiger partial charge on any atom is -0.0714 e. The van der Waals surface area contributed by atoms with Gasteiger partial charge in [-0.1, -0.05) is 50.5 Å². The molecule has 0 saturated heterocycles. The molecule has 0 spiro atoms. The molecule has 0 fully saturated rings. The predicted octanol–water partition coefficient (Wildman–Crippen LogP) is 3.36. The largest absolute Gasteiger partial charge is 0.0714 e. The van der Waals surface area contributed by atoms with E-state index in [1.54, 1.807) is 11.1 Å². The molecule has 14 heavy (non-hydrogen) atoms. The van der Waals surface area contributed by atoms with E-state index in [2.05, 4.69) is 50.5 Å². The summed E-state index contributed by atoms with van der Waals surface area (Å²) < 4.78 is 0. The fourth-order valence-corrected chi connectivity index (χ4v) is 10.2. The molecule has 0 amide bonds. The Hall–Kier alpha value is -0.346. The molecular weight excluding hydrogens is 200 g/mol. The van der Waals surface area contributed by atoms with Crippen LogP contribution in [0, 0.1) is 0 Å². The highest BCUT2D eigenvalue weighted by Gasteiger charge is 2.44. The summed E-state index contributed by atoms with van der Waals surface area (Å²) in [5.41, 5.74) is 3.31. The number of benzene rings is 1. The summed E-state index contributed by atoms with van der Waals surface area (Å²) in [5.74, 6) is 0. The average Bonchev–Trinajstić information content (AvgIpc) is 2.40. The summed E-state index contributed by atoms with van der Waals surface area (Å²) >= 11 is 0. The van der Waals surface area contributed by atoms with Gasteiger partial charge in [0.1, 0.15) is 0 Å². The van der Waals surface area contributed by atoms with E-state index in [9.17, 15) is 0 Å². The highest BCUT2D eigenvalue weighted by Crippen LogP contribution is 2.34. The van der Waals surface area contributed by atoms with Gasteiger partial charge in [0.25, 0.3) is 0 Å². The van der Waals surface area contributed by atoms with Crippen LogP contribution >= 0.6 is 0 Å². The van der Waals surface area contributed by atoms with E-state index in [1.165, 1.54) is 12.1 Å². The van der Waals surface area contributed by atoms with E-state index < -0.39 is 15.2 Å². The highest BCUT2D eigenvalue weighted by molar-refractivity contribution is 7.40. The first-order valence-corrected chi connectivity index (χ1v) is 12.9. The van der Waals surface area contributed by atoms with E-state index in [0.717, 1.165) is 0 Å². The standard InChI is InChI=1S/C12H20Si2/c1-13(2,3)14(4)9-11-7-5-6-8-12(11)10-14/h5-8H,9-10H2,1-4H3. The monoisotopic (exact) mass is 220 g/mol. The van der Waals surface area contributed by atoms with Gasteiger partial charge in [-0.05, 0) is 23.2 Å². The summed E-state index contributed by atoms with van der Waals surface area (Å²) in [6.07, 6.45) is 0. The SMILES string of the molecule is C[Si](C)(C)[Si]1(C)Cc2ccccc2C1. The molecule has 1 aliphatic heterocycles. The third-order valence-electron chi connectivity index (χ3n) is 4.09. The molecule has 0 aliphatic carbocycles. The molecular formula is C12H20Si2. The molecule has 0 unspecified atom stereocenters. The highest BCUT2D eigenvalue weighted by atomic mass is 29.3. The lowest BCUT2D eigenvalue weighted by Crippen LogP contribution is -2.56. The smallest absolute Gasteiger partial charge is 0.0527 e. The van der Waals surface area contributed by atoms with Crippen molar-refractivity contribution in [2.24, 2.45) is 0 Å². The normalized spacial score (nSPS) is 19.4. The summed E-state index contributed by atoms with van der Waals surface area (Å²) in [6.45, 7) is 10.3. The minimum absolute atomic E-state index is 0.907. The molecule has 0 N–H and O–H groups in total. The van der Waals surface area contributed by atoms with Gasteiger partial charge in [0.15, 0.2) is 0 Å². The fraction of sp³-hybridized carbons (Fsp3) is 0.500. The molecule has 1 aliphatic rings. The second-order valence-electron chi connectivity index (χ2n) is 5.93. The van der Waals surface area contributed by atoms with Crippen molar-refractivity contribution in [2.75, 3.05) is 0 Å². The quantitative estimate of drug-likeness (QED) is 0.637. The van der Waals surface area contributed by atoms with E-state index in [4.69, 9.17) is 0 Å². The Balaban J connectivity index is 2.35. The lowest BCUT2D eigenvalue weighted by molar-refractivity contribution is 1.35. The van der Waals surface area contributed by atoms with Gasteiger partial charge in [0.05, 0.1) is 7.59 Å². The Morgan fingerprint density at radius 3 is 1.79 bits per heavy atom. The van der Waals surface area contributed by atoms with Gasteiger partial charge < -0.3 is 0 Å². The Morgan fingerprint density at radius 2 is 1.43 bits per heavy atom. The lowest BCUT2D eigenvalue weighted by atomic mass is 10.1. The van der Waals surface area contributed by atoms with Gasteiger partial charge >= 0.3 is 0 Å². The Labute approximate surface area is 89.2 Å². The zero-order chi connectivity index (χ0) is 10.4. The second-order valence-corrected chi connectivity index (χ2v) is 22.4. The molecule has 1 aromatic carbocycles. The van der Waals surface area contributed by atoms with E-state index >= 15 is 0 Å². The molecule has 0 nitrogen and oxygen atoms in total. The molecule has 0 aromatic heterocycles. The van der Waals surface area contributed by atoms with E-state index in [-0.39, 0.29) is 0 Å². The average molecular weight is 220 g/mol. The lowest BCUT2D eigenvalue weighted by Gasteiger charge is -2.35. The van der Waals surface area contributed by atoms with Crippen molar-refractivity contribution in [3.8, 4) is 0 Å². The van der Waals surface area contributed by atoms with Crippen LogP contribution in [0.5, 0.6) is 0 Å². The molecule has 0 bridgehead atoms. The van der Waals surface area contributed by atoms with Gasteiger partial charge in [-0.15, -0.1) is 0 Å². The van der Waals surface area contributed by atoms with Gasteiger partial charge in [0, 0.05) is 7.59 Å². The van der Waals surface area contributed by atoms with Crippen molar-refractivity contribution in [1.82, 2.24) is 0 Å². The zero-order valence-corrected chi connectivity index (χ0v) is 11.7. The Bertz CT molecular complexity index is 325. The number of rotatable bonds is 1. The van der Waals surface area contributed by atoms with Crippen molar-refractivity contribution in [3.05, 3.63) is 35.4 Å². The molecule has 76 valence electrons. The predicted molar refractivity (Wildman–Crippen MR) is 68.8 cm³/mol. The van der Waals surface area contributed by atoms with Gasteiger partial charge in [0.2, 0.25) is 0 Å². The van der Waals surface area contributed by atoms with Crippen LogP contribution in [0.25, 0.3) is 0 Å². The van der Waals surface area contributed by atoms with E-state index in [1.807, 2.05) is 0 Å². The summed E-state index contributed by atoms with van der Waals surface area (Å²) in [6, 6.07) is 12.0. The second kappa shape index (κ2) is 3.07. The molecule has 0 radical (unpaired) electrons. The number of hydrogen-bond donors (Lipinski definition) is 0. The molecule has 0 atom stereocenters. The third-order valence-corrected chi connectivity index (χ3v) is 22.0. The van der Waals surface area contributed by atoms with Gasteiger partial charge in [-0.3, -0.25) is 0 Å². The molecule has 2 rings (SSSR count). The van der Waals surface area contributed by atoms with Crippen LogP contribution < -0.4 is 0 Å². The molecule has 1 heterocycles. The van der Waals surface area contributed by atoms with Crippen molar-refractivity contribution in [3.63, 3.8) is 0 Å². The van der Waals surface area contributed by atoms with Crippen molar-refractivity contribution >= 4 is 15.2 Å². The third kappa shape index (κ3) is 1.50. The van der Waals surface area contributed by atoms with Crippen LogP contribution in [0.4, 0.5) is 0 Å². The first kappa shape index (κ1) is 10.2.